The van der Waals surface area contributed by atoms with E-state index in [1.165, 1.54) is 6.92 Å². The van der Waals surface area contributed by atoms with Gasteiger partial charge in [-0.05, 0) is 0 Å². The van der Waals surface area contributed by atoms with Gasteiger partial charge in [0, 0.05) is 13.0 Å². The van der Waals surface area contributed by atoms with Crippen LogP contribution in [0.4, 0.5) is 5.69 Å². The van der Waals surface area contributed by atoms with Crippen molar-refractivity contribution in [2.24, 2.45) is 0 Å². The zero-order chi connectivity index (χ0) is 10.0. The van der Waals surface area contributed by atoms with Crippen LogP contribution in [0.1, 0.15) is 17.4 Å². The van der Waals surface area contributed by atoms with Crippen LogP contribution in [0.15, 0.2) is 12.3 Å². The average molecular weight is 201 g/mol. The third kappa shape index (κ3) is 2.00. The predicted octanol–water partition coefficient (Wildman–Crippen LogP) is 1.85. The smallest absolute Gasteiger partial charge is 0.289 e. The normalized spacial score (nSPS) is 9.69. The van der Waals surface area contributed by atoms with Crippen molar-refractivity contribution in [3.05, 3.63) is 33.1 Å². The molecular weight excluding hydrogens is 196 g/mol. The lowest BCUT2D eigenvalue weighted by atomic mass is 10.2. The molecule has 0 fully saturated rings. The topological polar surface area (TPSA) is 73.1 Å². The lowest BCUT2D eigenvalue weighted by molar-refractivity contribution is -0.385. The lowest BCUT2D eigenvalue weighted by Gasteiger charge is -1.97. The van der Waals surface area contributed by atoms with Crippen LogP contribution in [0.2, 0.25) is 5.02 Å². The second-order valence-electron chi connectivity index (χ2n) is 2.34. The molecule has 13 heavy (non-hydrogen) atoms. The first-order valence-corrected chi connectivity index (χ1v) is 3.71. The number of aromatic nitrogens is 1. The van der Waals surface area contributed by atoms with Gasteiger partial charge in [0.05, 0.1) is 9.95 Å². The maximum absolute atomic E-state index is 10.8. The van der Waals surface area contributed by atoms with Crippen molar-refractivity contribution >= 4 is 23.1 Å². The molecule has 1 heterocycles. The van der Waals surface area contributed by atoms with E-state index in [1.807, 2.05) is 0 Å². The van der Waals surface area contributed by atoms with E-state index in [0.717, 1.165) is 12.3 Å². The summed E-state index contributed by atoms with van der Waals surface area (Å²) in [6, 6.07) is 1.10. The standard InChI is InChI=1S/C7H5ClN2O3/c1-4(11)7-6(8)2-5(3-9-7)10(12)13/h2-3H,1H3. The molecule has 0 saturated heterocycles. The van der Waals surface area contributed by atoms with E-state index in [1.54, 1.807) is 0 Å². The van der Waals surface area contributed by atoms with Crippen LogP contribution in [0.25, 0.3) is 0 Å². The number of nitro groups is 1. The van der Waals surface area contributed by atoms with Crippen molar-refractivity contribution in [1.29, 1.82) is 0 Å². The summed E-state index contributed by atoms with van der Waals surface area (Å²) in [4.78, 5) is 24.0. The Balaban J connectivity index is 3.20. The zero-order valence-corrected chi connectivity index (χ0v) is 7.41. The van der Waals surface area contributed by atoms with Gasteiger partial charge in [0.1, 0.15) is 11.9 Å². The Morgan fingerprint density at radius 3 is 2.69 bits per heavy atom. The van der Waals surface area contributed by atoms with E-state index in [-0.39, 0.29) is 22.2 Å². The van der Waals surface area contributed by atoms with Crippen molar-refractivity contribution in [2.45, 2.75) is 6.92 Å². The number of pyridine rings is 1. The third-order valence-corrected chi connectivity index (χ3v) is 1.66. The van der Waals surface area contributed by atoms with E-state index >= 15 is 0 Å². The summed E-state index contributed by atoms with van der Waals surface area (Å²) in [6.07, 6.45) is 1.00. The van der Waals surface area contributed by atoms with E-state index in [2.05, 4.69) is 4.98 Å². The molecule has 0 aliphatic rings. The molecule has 0 amide bonds. The molecule has 0 atom stereocenters. The monoisotopic (exact) mass is 200 g/mol. The number of carbonyl (C=O) groups is 1. The third-order valence-electron chi connectivity index (χ3n) is 1.37. The number of carbonyl (C=O) groups excluding carboxylic acids is 1. The van der Waals surface area contributed by atoms with Gasteiger partial charge in [0.25, 0.3) is 5.69 Å². The molecule has 1 rings (SSSR count). The predicted molar refractivity (Wildman–Crippen MR) is 45.9 cm³/mol. The van der Waals surface area contributed by atoms with Crippen LogP contribution < -0.4 is 0 Å². The van der Waals surface area contributed by atoms with E-state index < -0.39 is 4.92 Å². The maximum atomic E-state index is 10.8. The first-order chi connectivity index (χ1) is 6.02. The second kappa shape index (κ2) is 3.49. The van der Waals surface area contributed by atoms with Crippen LogP contribution >= 0.6 is 11.6 Å². The fraction of sp³-hybridized carbons (Fsp3) is 0.143. The van der Waals surface area contributed by atoms with Gasteiger partial charge in [-0.15, -0.1) is 0 Å². The van der Waals surface area contributed by atoms with Gasteiger partial charge in [-0.3, -0.25) is 14.9 Å². The summed E-state index contributed by atoms with van der Waals surface area (Å²) in [6.45, 7) is 1.29. The SMILES string of the molecule is CC(=O)c1ncc([N+](=O)[O-])cc1Cl. The molecule has 1 aromatic rings. The van der Waals surface area contributed by atoms with Crippen molar-refractivity contribution in [3.8, 4) is 0 Å². The first kappa shape index (κ1) is 9.60. The van der Waals surface area contributed by atoms with Crippen LogP contribution in [0.3, 0.4) is 0 Å². The number of ketones is 1. The van der Waals surface area contributed by atoms with Crippen LogP contribution in [0.5, 0.6) is 0 Å². The number of halogens is 1. The molecule has 0 N–H and O–H groups in total. The number of nitrogens with zero attached hydrogens (tertiary/aromatic N) is 2. The Morgan fingerprint density at radius 2 is 2.31 bits per heavy atom. The van der Waals surface area contributed by atoms with Crippen LogP contribution in [-0.2, 0) is 0 Å². The van der Waals surface area contributed by atoms with Crippen molar-refractivity contribution in [2.75, 3.05) is 0 Å². The number of Topliss-reactive ketones (excluding diaryl/α,β-unsaturated/α-hetero) is 1. The van der Waals surface area contributed by atoms with Gasteiger partial charge in [-0.25, -0.2) is 4.98 Å². The highest BCUT2D eigenvalue weighted by Crippen LogP contribution is 2.19. The Labute approximate surface area is 78.5 Å². The highest BCUT2D eigenvalue weighted by atomic mass is 35.5. The quantitative estimate of drug-likeness (QED) is 0.415. The number of rotatable bonds is 2. The second-order valence-corrected chi connectivity index (χ2v) is 2.74. The fourth-order valence-electron chi connectivity index (χ4n) is 0.787. The molecule has 1 aromatic heterocycles. The highest BCUT2D eigenvalue weighted by Gasteiger charge is 2.12. The molecule has 0 bridgehead atoms. The molecule has 0 radical (unpaired) electrons. The Bertz CT molecular complexity index is 378. The van der Waals surface area contributed by atoms with Gasteiger partial charge in [0.2, 0.25) is 0 Å². The summed E-state index contributed by atoms with van der Waals surface area (Å²) >= 11 is 5.58. The minimum atomic E-state index is -0.622. The summed E-state index contributed by atoms with van der Waals surface area (Å²) in [5, 5.41) is 10.3. The summed E-state index contributed by atoms with van der Waals surface area (Å²) in [5.74, 6) is -0.320. The zero-order valence-electron chi connectivity index (χ0n) is 6.65. The average Bonchev–Trinajstić information content (AvgIpc) is 2.03. The van der Waals surface area contributed by atoms with Crippen LogP contribution in [-0.4, -0.2) is 15.7 Å². The van der Waals surface area contributed by atoms with E-state index in [4.69, 9.17) is 11.6 Å². The largest absolute Gasteiger partial charge is 0.293 e. The molecule has 0 spiro atoms. The molecule has 0 unspecified atom stereocenters. The lowest BCUT2D eigenvalue weighted by Crippen LogP contribution is -1.99. The van der Waals surface area contributed by atoms with Gasteiger partial charge in [-0.2, -0.15) is 0 Å². The maximum Gasteiger partial charge on any atom is 0.289 e. The van der Waals surface area contributed by atoms with Crippen molar-refractivity contribution in [1.82, 2.24) is 4.98 Å². The molecule has 6 heteroatoms. The Hall–Kier alpha value is -1.49. The van der Waals surface area contributed by atoms with Crippen molar-refractivity contribution < 1.29 is 9.72 Å². The highest BCUT2D eigenvalue weighted by molar-refractivity contribution is 6.33. The Kier molecular flexibility index (Phi) is 2.57. The summed E-state index contributed by atoms with van der Waals surface area (Å²) < 4.78 is 0. The molecule has 0 saturated carbocycles. The molecule has 5 nitrogen and oxygen atoms in total. The van der Waals surface area contributed by atoms with Gasteiger partial charge in [-0.1, -0.05) is 11.6 Å². The van der Waals surface area contributed by atoms with Gasteiger partial charge < -0.3 is 0 Å². The molecular formula is C7H5ClN2O3. The number of hydrogen-bond donors (Lipinski definition) is 0. The number of hydrogen-bond acceptors (Lipinski definition) is 4. The first-order valence-electron chi connectivity index (χ1n) is 3.33. The molecule has 0 aliphatic heterocycles. The Morgan fingerprint density at radius 1 is 1.69 bits per heavy atom. The summed E-state index contributed by atoms with van der Waals surface area (Å²) in [5.41, 5.74) is -0.178. The van der Waals surface area contributed by atoms with E-state index in [9.17, 15) is 14.9 Å². The van der Waals surface area contributed by atoms with Gasteiger partial charge >= 0.3 is 0 Å². The minimum absolute atomic E-state index is 0.00157. The fourth-order valence-corrected chi connectivity index (χ4v) is 1.08. The minimum Gasteiger partial charge on any atom is -0.293 e. The molecule has 0 aromatic carbocycles. The molecule has 68 valence electrons. The van der Waals surface area contributed by atoms with Gasteiger partial charge in [0.15, 0.2) is 5.78 Å². The van der Waals surface area contributed by atoms with Crippen LogP contribution in [0, 0.1) is 10.1 Å². The molecule has 0 aliphatic carbocycles. The van der Waals surface area contributed by atoms with Crippen molar-refractivity contribution in [3.63, 3.8) is 0 Å². The summed E-state index contributed by atoms with van der Waals surface area (Å²) in [7, 11) is 0. The van der Waals surface area contributed by atoms with E-state index in [0.29, 0.717) is 0 Å².